The Morgan fingerprint density at radius 2 is 1.10 bits per heavy atom. The topological polar surface area (TPSA) is 73.9 Å². The van der Waals surface area contributed by atoms with Gasteiger partial charge < -0.3 is 8.83 Å². The Labute approximate surface area is 240 Å². The van der Waals surface area contributed by atoms with Gasteiger partial charge >= 0.3 is 0 Å². The fraction of sp³-hybridized carbons (Fsp3) is 0. The minimum atomic E-state index is 0.454. The number of hydrogen-bond acceptors (Lipinski definition) is 4. The zero-order valence-electron chi connectivity index (χ0n) is 22.3. The maximum atomic E-state index is 10.0. The van der Waals surface area contributed by atoms with Crippen molar-refractivity contribution in [2.75, 3.05) is 0 Å². The Kier molecular flexibility index (Phi) is 5.22. The molecule has 0 radical (unpaired) electrons. The van der Waals surface area contributed by atoms with Crippen LogP contribution in [0, 0.1) is 22.7 Å². The molecular formula is C38H20N2O2. The minimum Gasteiger partial charge on any atom is -0.456 e. The van der Waals surface area contributed by atoms with E-state index in [4.69, 9.17) is 8.83 Å². The smallest absolute Gasteiger partial charge is 0.143 e. The van der Waals surface area contributed by atoms with E-state index in [0.717, 1.165) is 77.3 Å². The van der Waals surface area contributed by atoms with Crippen LogP contribution in [0.25, 0.3) is 77.3 Å². The van der Waals surface area contributed by atoms with E-state index in [2.05, 4.69) is 72.8 Å². The Bertz CT molecular complexity index is 2450. The number of hydrogen-bond donors (Lipinski definition) is 0. The number of rotatable bonds is 3. The number of fused-ring (bicyclic) bond motifs is 6. The SMILES string of the molecule is N#Cc1ccc(-c2cc(-c3ccc4oc5ccccc5c4c3)cc(-c3cccc4c3oc3ccccc34)c2)c(C#N)c1. The van der Waals surface area contributed by atoms with Crippen LogP contribution in [0.3, 0.4) is 0 Å². The van der Waals surface area contributed by atoms with Crippen molar-refractivity contribution in [1.29, 1.82) is 10.5 Å². The molecule has 4 nitrogen and oxygen atoms in total. The van der Waals surface area contributed by atoms with Gasteiger partial charge in [0.1, 0.15) is 22.3 Å². The third-order valence-corrected chi connectivity index (χ3v) is 7.94. The Hall–Kier alpha value is -6.10. The number of benzene rings is 6. The monoisotopic (exact) mass is 536 g/mol. The van der Waals surface area contributed by atoms with Crippen LogP contribution in [0.15, 0.2) is 130 Å². The summed E-state index contributed by atoms with van der Waals surface area (Å²) in [5.74, 6) is 0. The van der Waals surface area contributed by atoms with Crippen LogP contribution in [0.1, 0.15) is 11.1 Å². The highest BCUT2D eigenvalue weighted by molar-refractivity contribution is 6.10. The molecule has 8 aromatic rings. The summed E-state index contributed by atoms with van der Waals surface area (Å²) in [6, 6.07) is 44.6. The van der Waals surface area contributed by atoms with Crippen molar-refractivity contribution >= 4 is 43.9 Å². The summed E-state index contributed by atoms with van der Waals surface area (Å²) in [4.78, 5) is 0. The third-order valence-electron chi connectivity index (χ3n) is 7.94. The van der Waals surface area contributed by atoms with Gasteiger partial charge in [-0.1, -0.05) is 66.7 Å². The van der Waals surface area contributed by atoms with Crippen molar-refractivity contribution in [2.45, 2.75) is 0 Å². The molecule has 0 N–H and O–H groups in total. The zero-order valence-corrected chi connectivity index (χ0v) is 22.3. The molecule has 0 spiro atoms. The summed E-state index contributed by atoms with van der Waals surface area (Å²) in [7, 11) is 0. The second kappa shape index (κ2) is 9.24. The van der Waals surface area contributed by atoms with Gasteiger partial charge in [-0.05, 0) is 82.4 Å². The van der Waals surface area contributed by atoms with Crippen LogP contribution < -0.4 is 0 Å². The van der Waals surface area contributed by atoms with Gasteiger partial charge in [0.05, 0.1) is 23.3 Å². The molecule has 2 aromatic heterocycles. The van der Waals surface area contributed by atoms with Crippen molar-refractivity contribution in [3.63, 3.8) is 0 Å². The lowest BCUT2D eigenvalue weighted by Crippen LogP contribution is -1.90. The first kappa shape index (κ1) is 23.8. The fourth-order valence-corrected chi connectivity index (χ4v) is 5.94. The van der Waals surface area contributed by atoms with E-state index in [0.29, 0.717) is 11.1 Å². The first-order chi connectivity index (χ1) is 20.7. The normalized spacial score (nSPS) is 11.3. The fourth-order valence-electron chi connectivity index (χ4n) is 5.94. The first-order valence-electron chi connectivity index (χ1n) is 13.6. The predicted molar refractivity (Wildman–Crippen MR) is 167 cm³/mol. The van der Waals surface area contributed by atoms with E-state index in [-0.39, 0.29) is 0 Å². The van der Waals surface area contributed by atoms with Gasteiger partial charge in [-0.25, -0.2) is 0 Å². The highest BCUT2D eigenvalue weighted by atomic mass is 16.3. The summed E-state index contributed by atoms with van der Waals surface area (Å²) in [6.45, 7) is 0. The molecule has 0 aliphatic rings. The molecule has 0 aliphatic carbocycles. The van der Waals surface area contributed by atoms with E-state index in [9.17, 15) is 10.5 Å². The lowest BCUT2D eigenvalue weighted by atomic mass is 9.90. The van der Waals surface area contributed by atoms with Crippen LogP contribution >= 0.6 is 0 Å². The van der Waals surface area contributed by atoms with Crippen molar-refractivity contribution < 1.29 is 8.83 Å². The van der Waals surface area contributed by atoms with Gasteiger partial charge in [0.25, 0.3) is 0 Å². The molecule has 0 saturated heterocycles. The number of para-hydroxylation sites is 3. The average Bonchev–Trinajstić information content (AvgIpc) is 3.62. The highest BCUT2D eigenvalue weighted by Gasteiger charge is 2.16. The number of nitrogens with zero attached hydrogens (tertiary/aromatic N) is 2. The van der Waals surface area contributed by atoms with Gasteiger partial charge in [0, 0.05) is 27.1 Å². The van der Waals surface area contributed by atoms with Crippen LogP contribution in [0.2, 0.25) is 0 Å². The second-order valence-electron chi connectivity index (χ2n) is 10.4. The van der Waals surface area contributed by atoms with E-state index in [1.165, 1.54) is 0 Å². The average molecular weight is 537 g/mol. The van der Waals surface area contributed by atoms with Crippen LogP contribution in [0.5, 0.6) is 0 Å². The quantitative estimate of drug-likeness (QED) is 0.225. The van der Waals surface area contributed by atoms with Crippen molar-refractivity contribution in [3.8, 4) is 45.5 Å². The van der Waals surface area contributed by atoms with Crippen molar-refractivity contribution in [2.24, 2.45) is 0 Å². The predicted octanol–water partition coefficient (Wildman–Crippen LogP) is 10.2. The minimum absolute atomic E-state index is 0.454. The Morgan fingerprint density at radius 3 is 1.88 bits per heavy atom. The molecule has 0 fully saturated rings. The van der Waals surface area contributed by atoms with Gasteiger partial charge in [-0.2, -0.15) is 10.5 Å². The standard InChI is InChI=1S/C38H20N2O2/c39-21-23-12-14-29(28(16-23)22-40)26-17-25(24-13-15-37-34(20-24)32-7-2-3-10-35(32)41-37)18-27(19-26)30-8-5-9-33-31-6-1-4-11-36(31)42-38(30)33/h1-20H. The van der Waals surface area contributed by atoms with E-state index < -0.39 is 0 Å². The largest absolute Gasteiger partial charge is 0.456 e. The van der Waals surface area contributed by atoms with Crippen LogP contribution in [0.4, 0.5) is 0 Å². The lowest BCUT2D eigenvalue weighted by molar-refractivity contribution is 0.669. The maximum absolute atomic E-state index is 10.0. The molecule has 0 atom stereocenters. The van der Waals surface area contributed by atoms with Gasteiger partial charge in [-0.15, -0.1) is 0 Å². The van der Waals surface area contributed by atoms with Gasteiger partial charge in [-0.3, -0.25) is 0 Å². The molecule has 0 saturated carbocycles. The van der Waals surface area contributed by atoms with Crippen molar-refractivity contribution in [3.05, 3.63) is 132 Å². The Balaban J connectivity index is 1.41. The first-order valence-corrected chi connectivity index (χ1v) is 13.6. The molecule has 0 aliphatic heterocycles. The Morgan fingerprint density at radius 1 is 0.429 bits per heavy atom. The molecule has 4 heteroatoms. The molecule has 8 rings (SSSR count). The molecular weight excluding hydrogens is 516 g/mol. The van der Waals surface area contributed by atoms with Gasteiger partial charge in [0.15, 0.2) is 0 Å². The summed E-state index contributed by atoms with van der Waals surface area (Å²) < 4.78 is 12.5. The zero-order chi connectivity index (χ0) is 28.2. The summed E-state index contributed by atoms with van der Waals surface area (Å²) in [6.07, 6.45) is 0. The molecule has 2 heterocycles. The lowest BCUT2D eigenvalue weighted by Gasteiger charge is -2.13. The molecule has 0 amide bonds. The number of furan rings is 2. The van der Waals surface area contributed by atoms with E-state index >= 15 is 0 Å². The maximum Gasteiger partial charge on any atom is 0.143 e. The van der Waals surface area contributed by atoms with Crippen LogP contribution in [-0.4, -0.2) is 0 Å². The molecule has 42 heavy (non-hydrogen) atoms. The molecule has 194 valence electrons. The molecule has 0 unspecified atom stereocenters. The summed E-state index contributed by atoms with van der Waals surface area (Å²) in [5, 5.41) is 23.7. The van der Waals surface area contributed by atoms with Crippen LogP contribution in [-0.2, 0) is 0 Å². The summed E-state index contributed by atoms with van der Waals surface area (Å²) in [5.41, 5.74) is 9.87. The summed E-state index contributed by atoms with van der Waals surface area (Å²) >= 11 is 0. The van der Waals surface area contributed by atoms with Gasteiger partial charge in [0.2, 0.25) is 0 Å². The van der Waals surface area contributed by atoms with E-state index in [1.807, 2.05) is 48.5 Å². The van der Waals surface area contributed by atoms with E-state index in [1.54, 1.807) is 12.1 Å². The number of nitriles is 2. The third kappa shape index (κ3) is 3.68. The molecule has 6 aromatic carbocycles. The highest BCUT2D eigenvalue weighted by Crippen LogP contribution is 2.40. The van der Waals surface area contributed by atoms with Crippen molar-refractivity contribution in [1.82, 2.24) is 0 Å². The molecule has 0 bridgehead atoms. The second-order valence-corrected chi connectivity index (χ2v) is 10.4.